The fourth-order valence-electron chi connectivity index (χ4n) is 1.22. The molecule has 98 valence electrons. The summed E-state index contributed by atoms with van der Waals surface area (Å²) in [7, 11) is 0. The van der Waals surface area contributed by atoms with Gasteiger partial charge in [-0.15, -0.1) is 0 Å². The molecule has 1 aromatic carbocycles. The highest BCUT2D eigenvalue weighted by Gasteiger charge is 2.25. The maximum Gasteiger partial charge on any atom is 0.317 e. The first-order valence-corrected chi connectivity index (χ1v) is 5.38. The number of benzene rings is 1. The summed E-state index contributed by atoms with van der Waals surface area (Å²) in [4.78, 5) is 20.1. The Labute approximate surface area is 104 Å². The maximum atomic E-state index is 10.9. The molecule has 18 heavy (non-hydrogen) atoms. The quantitative estimate of drug-likeness (QED) is 0.594. The molecule has 0 radical (unpaired) electrons. The molecule has 0 amide bonds. The molecular weight excluding hydrogens is 240 g/mol. The third kappa shape index (κ3) is 3.16. The maximum absolute atomic E-state index is 10.9. The molecule has 0 aromatic heterocycles. The van der Waals surface area contributed by atoms with E-state index in [2.05, 4.69) is 0 Å². The van der Waals surface area contributed by atoms with Gasteiger partial charge in [0.2, 0.25) is 0 Å². The van der Waals surface area contributed by atoms with Crippen molar-refractivity contribution < 1.29 is 14.6 Å². The van der Waals surface area contributed by atoms with Gasteiger partial charge in [-0.1, -0.05) is 6.92 Å². The second-order valence-corrected chi connectivity index (χ2v) is 4.38. The van der Waals surface area contributed by atoms with Crippen molar-refractivity contribution in [2.24, 2.45) is 0 Å². The number of ether oxygens (including phenoxy) is 1. The lowest BCUT2D eigenvalue weighted by Crippen LogP contribution is -2.27. The monoisotopic (exact) mass is 254 g/mol. The van der Waals surface area contributed by atoms with Crippen LogP contribution in [0, 0.1) is 20.2 Å². The molecule has 0 aliphatic rings. The molecule has 7 nitrogen and oxygen atoms in total. The van der Waals surface area contributed by atoms with Crippen LogP contribution in [0.1, 0.15) is 27.2 Å². The standard InChI is InChI=1S/C11H14N2O5/c1-4-11(2,3)18-10-6-5-8(12(14)15)7-9(10)13(16)17/h5-7H,4H2,1-3H3. The average Bonchev–Trinajstić information content (AvgIpc) is 2.28. The molecule has 0 saturated heterocycles. The smallest absolute Gasteiger partial charge is 0.317 e. The minimum Gasteiger partial charge on any atom is -0.481 e. The lowest BCUT2D eigenvalue weighted by Gasteiger charge is -2.24. The Morgan fingerprint density at radius 1 is 1.22 bits per heavy atom. The molecule has 1 rings (SSSR count). The van der Waals surface area contributed by atoms with Crippen LogP contribution in [0.25, 0.3) is 0 Å². The van der Waals surface area contributed by atoms with E-state index in [4.69, 9.17) is 4.74 Å². The Balaban J connectivity index is 3.20. The number of nitrogens with zero attached hydrogens (tertiary/aromatic N) is 2. The van der Waals surface area contributed by atoms with Crippen LogP contribution < -0.4 is 4.74 Å². The summed E-state index contributed by atoms with van der Waals surface area (Å²) in [5, 5.41) is 21.4. The van der Waals surface area contributed by atoms with E-state index in [1.54, 1.807) is 13.8 Å². The van der Waals surface area contributed by atoms with Crippen molar-refractivity contribution in [3.63, 3.8) is 0 Å². The first-order chi connectivity index (χ1) is 8.26. The summed E-state index contributed by atoms with van der Waals surface area (Å²) in [6.07, 6.45) is 0.654. The second-order valence-electron chi connectivity index (χ2n) is 4.38. The van der Waals surface area contributed by atoms with Crippen molar-refractivity contribution in [1.29, 1.82) is 0 Å². The summed E-state index contributed by atoms with van der Waals surface area (Å²) in [5.74, 6) is 0.0393. The van der Waals surface area contributed by atoms with Gasteiger partial charge in [0.05, 0.1) is 15.9 Å². The number of nitro benzene ring substituents is 2. The molecule has 0 unspecified atom stereocenters. The van der Waals surface area contributed by atoms with Gasteiger partial charge in [-0.2, -0.15) is 0 Å². The molecule has 0 aliphatic heterocycles. The van der Waals surface area contributed by atoms with Gasteiger partial charge in [0.1, 0.15) is 5.60 Å². The van der Waals surface area contributed by atoms with Crippen LogP contribution in [0.2, 0.25) is 0 Å². The predicted molar refractivity (Wildman–Crippen MR) is 64.7 cm³/mol. The van der Waals surface area contributed by atoms with Crippen molar-refractivity contribution in [1.82, 2.24) is 0 Å². The summed E-state index contributed by atoms with van der Waals surface area (Å²) in [6, 6.07) is 3.35. The van der Waals surface area contributed by atoms with Crippen LogP contribution in [0.4, 0.5) is 11.4 Å². The van der Waals surface area contributed by atoms with Crippen molar-refractivity contribution in [2.45, 2.75) is 32.8 Å². The number of nitro groups is 2. The van der Waals surface area contributed by atoms with E-state index in [-0.39, 0.29) is 11.4 Å². The molecule has 0 saturated carbocycles. The fourth-order valence-corrected chi connectivity index (χ4v) is 1.22. The summed E-state index contributed by atoms with van der Waals surface area (Å²) in [5.41, 5.74) is -1.30. The van der Waals surface area contributed by atoms with E-state index in [1.165, 1.54) is 12.1 Å². The molecule has 0 heterocycles. The molecule has 0 N–H and O–H groups in total. The Morgan fingerprint density at radius 3 is 2.28 bits per heavy atom. The van der Waals surface area contributed by atoms with Crippen LogP contribution in [-0.2, 0) is 0 Å². The van der Waals surface area contributed by atoms with Crippen LogP contribution in [-0.4, -0.2) is 15.4 Å². The Bertz CT molecular complexity index is 484. The third-order valence-corrected chi connectivity index (χ3v) is 2.59. The van der Waals surface area contributed by atoms with Crippen molar-refractivity contribution in [2.75, 3.05) is 0 Å². The highest BCUT2D eigenvalue weighted by molar-refractivity contribution is 5.53. The van der Waals surface area contributed by atoms with Gasteiger partial charge in [0.15, 0.2) is 5.75 Å². The molecule has 0 fully saturated rings. The van der Waals surface area contributed by atoms with Crippen LogP contribution in [0.15, 0.2) is 18.2 Å². The minimum absolute atomic E-state index is 0.0393. The average molecular weight is 254 g/mol. The van der Waals surface area contributed by atoms with E-state index in [9.17, 15) is 20.2 Å². The van der Waals surface area contributed by atoms with Gasteiger partial charge in [0.25, 0.3) is 5.69 Å². The number of hydrogen-bond donors (Lipinski definition) is 0. The number of hydrogen-bond acceptors (Lipinski definition) is 5. The van der Waals surface area contributed by atoms with Gasteiger partial charge in [-0.05, 0) is 26.3 Å². The van der Waals surface area contributed by atoms with Gasteiger partial charge in [-0.25, -0.2) is 0 Å². The molecule has 1 aromatic rings. The Hall–Kier alpha value is -2.18. The topological polar surface area (TPSA) is 95.5 Å². The second kappa shape index (κ2) is 4.99. The zero-order valence-electron chi connectivity index (χ0n) is 10.4. The lowest BCUT2D eigenvalue weighted by molar-refractivity contribution is -0.395. The highest BCUT2D eigenvalue weighted by Crippen LogP contribution is 2.33. The largest absolute Gasteiger partial charge is 0.481 e. The summed E-state index contributed by atoms with van der Waals surface area (Å²) < 4.78 is 5.51. The molecule has 0 bridgehead atoms. The molecule has 0 spiro atoms. The van der Waals surface area contributed by atoms with E-state index in [0.29, 0.717) is 6.42 Å². The van der Waals surface area contributed by atoms with Crippen LogP contribution in [0.3, 0.4) is 0 Å². The molecule has 0 atom stereocenters. The fraction of sp³-hybridized carbons (Fsp3) is 0.455. The van der Waals surface area contributed by atoms with E-state index in [0.717, 1.165) is 6.07 Å². The zero-order chi connectivity index (χ0) is 13.9. The van der Waals surface area contributed by atoms with E-state index >= 15 is 0 Å². The Kier molecular flexibility index (Phi) is 3.85. The third-order valence-electron chi connectivity index (χ3n) is 2.59. The van der Waals surface area contributed by atoms with Gasteiger partial charge < -0.3 is 4.74 Å². The Morgan fingerprint density at radius 2 is 1.83 bits per heavy atom. The molecular formula is C11H14N2O5. The first-order valence-electron chi connectivity index (χ1n) is 5.38. The van der Waals surface area contributed by atoms with Gasteiger partial charge in [-0.3, -0.25) is 20.2 Å². The highest BCUT2D eigenvalue weighted by atomic mass is 16.6. The van der Waals surface area contributed by atoms with E-state index in [1.807, 2.05) is 6.92 Å². The first kappa shape index (κ1) is 13.9. The predicted octanol–water partition coefficient (Wildman–Crippen LogP) is 3.07. The van der Waals surface area contributed by atoms with E-state index < -0.39 is 21.1 Å². The van der Waals surface area contributed by atoms with Crippen molar-refractivity contribution in [3.8, 4) is 5.75 Å². The molecule has 7 heteroatoms. The van der Waals surface area contributed by atoms with Gasteiger partial charge in [0, 0.05) is 6.07 Å². The lowest BCUT2D eigenvalue weighted by atomic mass is 10.1. The number of non-ortho nitro benzene ring substituents is 1. The van der Waals surface area contributed by atoms with Gasteiger partial charge >= 0.3 is 5.69 Å². The summed E-state index contributed by atoms with van der Waals surface area (Å²) >= 11 is 0. The van der Waals surface area contributed by atoms with Crippen molar-refractivity contribution >= 4 is 11.4 Å². The summed E-state index contributed by atoms with van der Waals surface area (Å²) in [6.45, 7) is 5.47. The normalized spacial score (nSPS) is 11.1. The van der Waals surface area contributed by atoms with Crippen LogP contribution in [0.5, 0.6) is 5.75 Å². The molecule has 0 aliphatic carbocycles. The SMILES string of the molecule is CCC(C)(C)Oc1ccc([N+](=O)[O-])cc1[N+](=O)[O-]. The van der Waals surface area contributed by atoms with Crippen LogP contribution >= 0.6 is 0 Å². The minimum atomic E-state index is -0.686. The zero-order valence-corrected chi connectivity index (χ0v) is 10.4. The van der Waals surface area contributed by atoms with Crippen molar-refractivity contribution in [3.05, 3.63) is 38.4 Å². The number of rotatable bonds is 5.